The fourth-order valence-corrected chi connectivity index (χ4v) is 2.88. The highest BCUT2D eigenvalue weighted by molar-refractivity contribution is 5.92. The van der Waals surface area contributed by atoms with Gasteiger partial charge in [0.25, 0.3) is 0 Å². The number of aryl methyl sites for hydroxylation is 1. The van der Waals surface area contributed by atoms with E-state index in [1.807, 2.05) is 26.2 Å². The first kappa shape index (κ1) is 21.4. The van der Waals surface area contributed by atoms with Gasteiger partial charge < -0.3 is 15.5 Å². The molecule has 0 fully saturated rings. The Morgan fingerprint density at radius 1 is 1.04 bits per heavy atom. The van der Waals surface area contributed by atoms with Crippen molar-refractivity contribution in [2.24, 2.45) is 0 Å². The molecule has 0 radical (unpaired) electrons. The SMILES string of the molecule is CCc1ccc([C@H](CNC(=O)/C=C/c2ccc(NC(C)=O)cc2)N(C)C)cc1. The van der Waals surface area contributed by atoms with Crippen LogP contribution in [0.25, 0.3) is 6.08 Å². The number of amides is 2. The molecule has 28 heavy (non-hydrogen) atoms. The highest BCUT2D eigenvalue weighted by atomic mass is 16.2. The normalized spacial score (nSPS) is 12.2. The lowest BCUT2D eigenvalue weighted by Gasteiger charge is -2.25. The number of benzene rings is 2. The van der Waals surface area contributed by atoms with E-state index in [-0.39, 0.29) is 17.9 Å². The molecule has 0 saturated carbocycles. The molecule has 5 nitrogen and oxygen atoms in total. The average molecular weight is 380 g/mol. The summed E-state index contributed by atoms with van der Waals surface area (Å²) in [5.41, 5.74) is 4.11. The Kier molecular flexibility index (Phi) is 7.96. The summed E-state index contributed by atoms with van der Waals surface area (Å²) in [6.45, 7) is 4.14. The Hall–Kier alpha value is -2.92. The van der Waals surface area contributed by atoms with Crippen LogP contribution in [0.2, 0.25) is 0 Å². The minimum atomic E-state index is -0.136. The van der Waals surface area contributed by atoms with Crippen molar-refractivity contribution in [3.8, 4) is 0 Å². The summed E-state index contributed by atoms with van der Waals surface area (Å²) in [5, 5.41) is 5.69. The second-order valence-corrected chi connectivity index (χ2v) is 6.96. The molecule has 2 aromatic carbocycles. The van der Waals surface area contributed by atoms with Gasteiger partial charge in [0.1, 0.15) is 0 Å². The zero-order chi connectivity index (χ0) is 20.5. The van der Waals surface area contributed by atoms with E-state index in [2.05, 4.69) is 46.7 Å². The zero-order valence-electron chi connectivity index (χ0n) is 17.0. The topological polar surface area (TPSA) is 61.4 Å². The molecule has 0 aromatic heterocycles. The van der Waals surface area contributed by atoms with Crippen LogP contribution in [0.4, 0.5) is 5.69 Å². The Morgan fingerprint density at radius 2 is 1.68 bits per heavy atom. The lowest BCUT2D eigenvalue weighted by atomic mass is 10.0. The number of carbonyl (C=O) groups is 2. The van der Waals surface area contributed by atoms with Gasteiger partial charge in [0.15, 0.2) is 0 Å². The molecule has 1 atom stereocenters. The van der Waals surface area contributed by atoms with Crippen LogP contribution in [-0.4, -0.2) is 37.4 Å². The van der Waals surface area contributed by atoms with Crippen LogP contribution in [0.1, 0.15) is 36.6 Å². The Labute approximate surface area is 167 Å². The average Bonchev–Trinajstić information content (AvgIpc) is 2.67. The van der Waals surface area contributed by atoms with Crippen LogP contribution in [0, 0.1) is 0 Å². The number of rotatable bonds is 8. The van der Waals surface area contributed by atoms with Crippen molar-refractivity contribution in [2.75, 3.05) is 26.0 Å². The summed E-state index contributed by atoms with van der Waals surface area (Å²) >= 11 is 0. The first-order valence-corrected chi connectivity index (χ1v) is 9.48. The third-order valence-corrected chi connectivity index (χ3v) is 4.52. The molecular formula is C23H29N3O2. The van der Waals surface area contributed by atoms with Crippen molar-refractivity contribution >= 4 is 23.6 Å². The third kappa shape index (κ3) is 6.67. The van der Waals surface area contributed by atoms with Gasteiger partial charge in [-0.1, -0.05) is 43.3 Å². The van der Waals surface area contributed by atoms with Crippen LogP contribution in [0.15, 0.2) is 54.6 Å². The van der Waals surface area contributed by atoms with Gasteiger partial charge in [0.05, 0.1) is 6.04 Å². The summed E-state index contributed by atoms with van der Waals surface area (Å²) in [6.07, 6.45) is 4.30. The molecule has 0 unspecified atom stereocenters. The summed E-state index contributed by atoms with van der Waals surface area (Å²) in [7, 11) is 4.02. The molecule has 0 aliphatic rings. The number of carbonyl (C=O) groups excluding carboxylic acids is 2. The second kappa shape index (κ2) is 10.4. The summed E-state index contributed by atoms with van der Waals surface area (Å²) in [4.78, 5) is 25.4. The number of nitrogens with zero attached hydrogens (tertiary/aromatic N) is 1. The fraction of sp³-hybridized carbons (Fsp3) is 0.304. The van der Waals surface area contributed by atoms with Crippen LogP contribution in [0.3, 0.4) is 0 Å². The van der Waals surface area contributed by atoms with E-state index in [1.54, 1.807) is 18.2 Å². The number of hydrogen-bond donors (Lipinski definition) is 2. The fourth-order valence-electron chi connectivity index (χ4n) is 2.88. The maximum atomic E-state index is 12.2. The Balaban J connectivity index is 1.93. The number of likely N-dealkylation sites (N-methyl/N-ethyl adjacent to an activating group) is 1. The summed E-state index contributed by atoms with van der Waals surface area (Å²) < 4.78 is 0. The molecule has 0 saturated heterocycles. The quantitative estimate of drug-likeness (QED) is 0.689. The minimum Gasteiger partial charge on any atom is -0.351 e. The lowest BCUT2D eigenvalue weighted by molar-refractivity contribution is -0.116. The molecule has 0 heterocycles. The maximum Gasteiger partial charge on any atom is 0.244 e. The molecule has 2 aromatic rings. The molecule has 0 aliphatic heterocycles. The first-order chi connectivity index (χ1) is 13.4. The van der Waals surface area contributed by atoms with E-state index in [4.69, 9.17) is 0 Å². The van der Waals surface area contributed by atoms with E-state index in [9.17, 15) is 9.59 Å². The molecular weight excluding hydrogens is 350 g/mol. The van der Waals surface area contributed by atoms with Crippen LogP contribution in [-0.2, 0) is 16.0 Å². The van der Waals surface area contributed by atoms with Crippen LogP contribution >= 0.6 is 0 Å². The highest BCUT2D eigenvalue weighted by Crippen LogP contribution is 2.18. The van der Waals surface area contributed by atoms with E-state index in [1.165, 1.54) is 24.1 Å². The highest BCUT2D eigenvalue weighted by Gasteiger charge is 2.14. The Bertz CT molecular complexity index is 809. The van der Waals surface area contributed by atoms with Gasteiger partial charge in [0.2, 0.25) is 11.8 Å². The number of anilines is 1. The van der Waals surface area contributed by atoms with Gasteiger partial charge in [-0.3, -0.25) is 9.59 Å². The summed E-state index contributed by atoms with van der Waals surface area (Å²) in [6, 6.07) is 16.0. The second-order valence-electron chi connectivity index (χ2n) is 6.96. The van der Waals surface area contributed by atoms with Gasteiger partial charge >= 0.3 is 0 Å². The first-order valence-electron chi connectivity index (χ1n) is 9.48. The molecule has 2 amide bonds. The van der Waals surface area contributed by atoms with Crippen molar-refractivity contribution in [1.29, 1.82) is 0 Å². The van der Waals surface area contributed by atoms with E-state index in [0.717, 1.165) is 17.7 Å². The predicted molar refractivity (Wildman–Crippen MR) is 115 cm³/mol. The van der Waals surface area contributed by atoms with Crippen molar-refractivity contribution in [1.82, 2.24) is 10.2 Å². The maximum absolute atomic E-state index is 12.2. The van der Waals surface area contributed by atoms with E-state index >= 15 is 0 Å². The van der Waals surface area contributed by atoms with Crippen molar-refractivity contribution in [3.05, 3.63) is 71.3 Å². The standard InChI is InChI=1S/C23H29N3O2/c1-5-18-6-11-20(12-7-18)22(26(3)4)16-24-23(28)15-10-19-8-13-21(14-9-19)25-17(2)27/h6-15,22H,5,16H2,1-4H3,(H,24,28)(H,25,27)/b15-10+/t22-/m0/s1. The van der Waals surface area contributed by atoms with Gasteiger partial charge in [0, 0.05) is 25.2 Å². The number of hydrogen-bond acceptors (Lipinski definition) is 3. The van der Waals surface area contributed by atoms with Gasteiger partial charge in [-0.2, -0.15) is 0 Å². The smallest absolute Gasteiger partial charge is 0.244 e. The zero-order valence-corrected chi connectivity index (χ0v) is 17.0. The van der Waals surface area contributed by atoms with Crippen molar-refractivity contribution < 1.29 is 9.59 Å². The molecule has 2 N–H and O–H groups in total. The third-order valence-electron chi connectivity index (χ3n) is 4.52. The van der Waals surface area contributed by atoms with Gasteiger partial charge in [-0.25, -0.2) is 0 Å². The monoisotopic (exact) mass is 379 g/mol. The molecule has 148 valence electrons. The van der Waals surface area contributed by atoms with E-state index in [0.29, 0.717) is 6.54 Å². The molecule has 5 heteroatoms. The van der Waals surface area contributed by atoms with Crippen LogP contribution < -0.4 is 10.6 Å². The summed E-state index contributed by atoms with van der Waals surface area (Å²) in [5.74, 6) is -0.245. The van der Waals surface area contributed by atoms with E-state index < -0.39 is 0 Å². The number of nitrogens with one attached hydrogen (secondary N) is 2. The predicted octanol–water partition coefficient (Wildman–Crippen LogP) is 3.64. The molecule has 0 bridgehead atoms. The van der Waals surface area contributed by atoms with Gasteiger partial charge in [-0.05, 0) is 55.4 Å². The molecule has 0 aliphatic carbocycles. The lowest BCUT2D eigenvalue weighted by Crippen LogP contribution is -2.33. The molecule has 0 spiro atoms. The molecule has 2 rings (SSSR count). The van der Waals surface area contributed by atoms with Crippen LogP contribution in [0.5, 0.6) is 0 Å². The minimum absolute atomic E-state index is 0.109. The van der Waals surface area contributed by atoms with Crippen molar-refractivity contribution in [3.63, 3.8) is 0 Å². The largest absolute Gasteiger partial charge is 0.351 e. The van der Waals surface area contributed by atoms with Gasteiger partial charge in [-0.15, -0.1) is 0 Å². The Morgan fingerprint density at radius 3 is 2.21 bits per heavy atom. The van der Waals surface area contributed by atoms with Crippen molar-refractivity contribution in [2.45, 2.75) is 26.3 Å².